The Hall–Kier alpha value is -3.40. The molecule has 4 heteroatoms. The minimum absolute atomic E-state index is 0.00796. The van der Waals surface area contributed by atoms with Gasteiger partial charge in [0.05, 0.1) is 11.4 Å². The maximum Gasteiger partial charge on any atom is 0.180 e. The first-order valence-electron chi connectivity index (χ1n) is 11.1. The zero-order chi connectivity index (χ0) is 21.0. The van der Waals surface area contributed by atoms with Crippen LogP contribution in [0, 0.1) is 5.92 Å². The van der Waals surface area contributed by atoms with Crippen LogP contribution < -0.4 is 0 Å². The molecule has 1 N–H and O–H groups in total. The molecule has 4 nitrogen and oxygen atoms in total. The molecular weight excluding hydrogens is 384 g/mol. The van der Waals surface area contributed by atoms with E-state index in [0.29, 0.717) is 5.92 Å². The molecule has 154 valence electrons. The van der Waals surface area contributed by atoms with Gasteiger partial charge in [0.25, 0.3) is 0 Å². The lowest BCUT2D eigenvalue weighted by Crippen LogP contribution is -2.54. The third-order valence-corrected chi connectivity index (χ3v) is 7.15. The zero-order valence-electron chi connectivity index (χ0n) is 17.2. The van der Waals surface area contributed by atoms with E-state index >= 15 is 0 Å². The van der Waals surface area contributed by atoms with Crippen LogP contribution in [0.1, 0.15) is 42.7 Å². The number of hydrogen-bond donors (Lipinski definition) is 1. The Bertz CT molecular complexity index is 1170. The SMILES string of the molecule is O=C1C=CC2=N[C@]34CCCC[C@@H]3[C@H](c3ccccc3)C=C(c3ccc(O)cc3)N4C2=C1. The molecule has 6 rings (SSSR count). The molecule has 4 aliphatic rings. The number of carbonyl (C=O) groups is 1. The van der Waals surface area contributed by atoms with Crippen LogP contribution in [0.3, 0.4) is 0 Å². The average molecular weight is 409 g/mol. The number of rotatable bonds is 2. The summed E-state index contributed by atoms with van der Waals surface area (Å²) in [5.41, 5.74) is 4.84. The van der Waals surface area contributed by atoms with Crippen LogP contribution in [0.25, 0.3) is 5.70 Å². The highest BCUT2D eigenvalue weighted by Gasteiger charge is 2.56. The molecule has 2 heterocycles. The van der Waals surface area contributed by atoms with Gasteiger partial charge in [0, 0.05) is 23.6 Å². The summed E-state index contributed by atoms with van der Waals surface area (Å²) in [6.07, 6.45) is 12.0. The standard InChI is InChI=1S/C27H24N2O2/c30-20-11-9-19(10-12-20)25-17-22(18-6-2-1-3-7-18)23-8-4-5-15-27(23)28-24-14-13-21(31)16-26(24)29(25)27/h1-3,6-7,9-14,16-17,22-23,30H,4-5,8,15H2/t22-,23+,27-/m0/s1. The van der Waals surface area contributed by atoms with Gasteiger partial charge in [-0.05, 0) is 66.8 Å². The van der Waals surface area contributed by atoms with Gasteiger partial charge in [0.2, 0.25) is 0 Å². The minimum Gasteiger partial charge on any atom is -0.508 e. The first kappa shape index (κ1) is 18.4. The van der Waals surface area contributed by atoms with Gasteiger partial charge in [-0.3, -0.25) is 9.79 Å². The highest BCUT2D eigenvalue weighted by atomic mass is 16.3. The van der Waals surface area contributed by atoms with E-state index in [1.165, 1.54) is 12.0 Å². The fraction of sp³-hybridized carbons (Fsp3) is 0.259. The van der Waals surface area contributed by atoms with Crippen molar-refractivity contribution in [1.29, 1.82) is 0 Å². The van der Waals surface area contributed by atoms with E-state index in [1.54, 1.807) is 24.3 Å². The number of aliphatic imine (C=N–C) groups is 1. The van der Waals surface area contributed by atoms with Gasteiger partial charge in [-0.15, -0.1) is 0 Å². The quantitative estimate of drug-likeness (QED) is 0.695. The van der Waals surface area contributed by atoms with Crippen molar-refractivity contribution >= 4 is 17.2 Å². The molecule has 3 atom stereocenters. The summed E-state index contributed by atoms with van der Waals surface area (Å²) >= 11 is 0. The molecule has 0 unspecified atom stereocenters. The largest absolute Gasteiger partial charge is 0.508 e. The molecule has 0 amide bonds. The number of allylic oxidation sites excluding steroid dienone is 4. The molecule has 0 aromatic heterocycles. The summed E-state index contributed by atoms with van der Waals surface area (Å²) in [6, 6.07) is 18.1. The molecule has 2 aliphatic heterocycles. The smallest absolute Gasteiger partial charge is 0.180 e. The van der Waals surface area contributed by atoms with Crippen molar-refractivity contribution in [2.75, 3.05) is 0 Å². The number of phenols is 1. The highest BCUT2D eigenvalue weighted by Crippen LogP contribution is 2.57. The number of carbonyl (C=O) groups excluding carboxylic acids is 1. The molecule has 2 aromatic rings. The molecule has 1 fully saturated rings. The maximum absolute atomic E-state index is 12.3. The molecule has 0 saturated heterocycles. The van der Waals surface area contributed by atoms with Crippen molar-refractivity contribution in [3.05, 3.63) is 95.7 Å². The van der Waals surface area contributed by atoms with E-state index in [-0.39, 0.29) is 23.1 Å². The highest BCUT2D eigenvalue weighted by molar-refractivity contribution is 6.21. The Morgan fingerprint density at radius 3 is 2.58 bits per heavy atom. The fourth-order valence-electron chi connectivity index (χ4n) is 5.85. The van der Waals surface area contributed by atoms with Gasteiger partial charge in [-0.25, -0.2) is 0 Å². The van der Waals surface area contributed by atoms with Crippen LogP contribution in [0.4, 0.5) is 0 Å². The van der Waals surface area contributed by atoms with Crippen molar-refractivity contribution in [3.8, 4) is 5.75 Å². The Labute approximate surface area is 181 Å². The summed E-state index contributed by atoms with van der Waals surface area (Å²) in [5, 5.41) is 9.86. The predicted octanol–water partition coefficient (Wildman–Crippen LogP) is 5.20. The number of hydrogen-bond acceptors (Lipinski definition) is 4. The lowest BCUT2D eigenvalue weighted by atomic mass is 9.66. The number of aromatic hydroxyl groups is 1. The summed E-state index contributed by atoms with van der Waals surface area (Å²) in [5.74, 6) is 0.838. The van der Waals surface area contributed by atoms with Gasteiger partial charge < -0.3 is 10.0 Å². The van der Waals surface area contributed by atoms with Crippen LogP contribution >= 0.6 is 0 Å². The molecule has 1 spiro atoms. The Kier molecular flexibility index (Phi) is 4.04. The molecule has 0 radical (unpaired) electrons. The van der Waals surface area contributed by atoms with Crippen molar-refractivity contribution in [1.82, 2.24) is 4.90 Å². The van der Waals surface area contributed by atoms with Crippen LogP contribution in [0.5, 0.6) is 5.75 Å². The summed E-state index contributed by atoms with van der Waals surface area (Å²) in [6.45, 7) is 0. The van der Waals surface area contributed by atoms with E-state index in [4.69, 9.17) is 4.99 Å². The fourth-order valence-corrected chi connectivity index (χ4v) is 5.85. The first-order chi connectivity index (χ1) is 15.2. The van der Waals surface area contributed by atoms with Gasteiger partial charge in [0.15, 0.2) is 5.78 Å². The van der Waals surface area contributed by atoms with Crippen molar-refractivity contribution in [2.24, 2.45) is 10.9 Å². The van der Waals surface area contributed by atoms with Crippen molar-refractivity contribution < 1.29 is 9.90 Å². The summed E-state index contributed by atoms with van der Waals surface area (Å²) in [7, 11) is 0. The van der Waals surface area contributed by atoms with Crippen molar-refractivity contribution in [2.45, 2.75) is 37.3 Å². The zero-order valence-corrected chi connectivity index (χ0v) is 17.2. The molecular formula is C27H24N2O2. The molecule has 2 aromatic carbocycles. The molecule has 0 bridgehead atoms. The minimum atomic E-state index is -0.378. The number of ketones is 1. The van der Waals surface area contributed by atoms with Gasteiger partial charge in [0.1, 0.15) is 11.4 Å². The maximum atomic E-state index is 12.3. The van der Waals surface area contributed by atoms with E-state index in [9.17, 15) is 9.90 Å². The van der Waals surface area contributed by atoms with Crippen LogP contribution in [0.2, 0.25) is 0 Å². The second-order valence-corrected chi connectivity index (χ2v) is 8.86. The van der Waals surface area contributed by atoms with Crippen LogP contribution in [-0.2, 0) is 4.79 Å². The van der Waals surface area contributed by atoms with Crippen LogP contribution in [-0.4, -0.2) is 27.2 Å². The third kappa shape index (κ3) is 2.74. The van der Waals surface area contributed by atoms with Crippen LogP contribution in [0.15, 0.2) is 89.6 Å². The topological polar surface area (TPSA) is 52.9 Å². The third-order valence-electron chi connectivity index (χ3n) is 7.15. The Morgan fingerprint density at radius 1 is 0.968 bits per heavy atom. The van der Waals surface area contributed by atoms with E-state index in [2.05, 4.69) is 41.3 Å². The number of phenolic OH excluding ortho intramolecular Hbond substituents is 1. The number of fused-ring (bicyclic) bond motifs is 2. The lowest BCUT2D eigenvalue weighted by molar-refractivity contribution is -0.110. The average Bonchev–Trinajstić information content (AvgIpc) is 3.12. The molecule has 31 heavy (non-hydrogen) atoms. The van der Waals surface area contributed by atoms with Gasteiger partial charge >= 0.3 is 0 Å². The number of nitrogens with zero attached hydrogens (tertiary/aromatic N) is 2. The van der Waals surface area contributed by atoms with E-state index in [1.807, 2.05) is 18.2 Å². The Balaban J connectivity index is 1.61. The van der Waals surface area contributed by atoms with Crippen molar-refractivity contribution in [3.63, 3.8) is 0 Å². The monoisotopic (exact) mass is 408 g/mol. The normalized spacial score (nSPS) is 28.8. The van der Waals surface area contributed by atoms with Gasteiger partial charge in [-0.1, -0.05) is 42.8 Å². The van der Waals surface area contributed by atoms with E-state index < -0.39 is 0 Å². The first-order valence-corrected chi connectivity index (χ1v) is 11.1. The van der Waals surface area contributed by atoms with E-state index in [0.717, 1.165) is 41.9 Å². The van der Waals surface area contributed by atoms with Gasteiger partial charge in [-0.2, -0.15) is 0 Å². The Morgan fingerprint density at radius 2 is 1.77 bits per heavy atom. The molecule has 2 aliphatic carbocycles. The summed E-state index contributed by atoms with van der Waals surface area (Å²) in [4.78, 5) is 20.0. The molecule has 1 saturated carbocycles. The lowest BCUT2D eigenvalue weighted by Gasteiger charge is -2.53. The number of benzene rings is 2. The predicted molar refractivity (Wildman–Crippen MR) is 121 cm³/mol. The summed E-state index contributed by atoms with van der Waals surface area (Å²) < 4.78 is 0. The second-order valence-electron chi connectivity index (χ2n) is 8.86. The second kappa shape index (κ2) is 6.81.